The van der Waals surface area contributed by atoms with Crippen molar-refractivity contribution in [2.24, 2.45) is 5.73 Å². The normalized spacial score (nSPS) is 11.2. The van der Waals surface area contributed by atoms with Crippen molar-refractivity contribution in [3.8, 4) is 0 Å². The maximum Gasteiger partial charge on any atom is 0.114 e. The first-order valence-corrected chi connectivity index (χ1v) is 7.09. The zero-order chi connectivity index (χ0) is 14.1. The van der Waals surface area contributed by atoms with Gasteiger partial charge in [-0.3, -0.25) is 0 Å². The topological polar surface area (TPSA) is 30.9 Å². The highest BCUT2D eigenvalue weighted by Gasteiger charge is 2.14. The number of aromatic nitrogens is 1. The van der Waals surface area contributed by atoms with Gasteiger partial charge in [0.25, 0.3) is 0 Å². The molecule has 0 spiro atoms. The molecule has 0 unspecified atom stereocenters. The molecule has 3 rings (SSSR count). The Labute approximate surface area is 123 Å². The molecule has 0 amide bonds. The lowest BCUT2D eigenvalue weighted by molar-refractivity contribution is 0.830. The Kier molecular flexibility index (Phi) is 3.51. The fraction of sp³-hybridized carbons (Fsp3) is 0.176. The van der Waals surface area contributed by atoms with Gasteiger partial charge in [-0.15, -0.1) is 0 Å². The molecule has 0 aliphatic carbocycles. The van der Waals surface area contributed by atoms with Crippen LogP contribution in [-0.4, -0.2) is 4.57 Å². The SMILES string of the molecule is Cc1ccc2c(c1)c(CN)c(Cl)n2Cc1ccccc1. The lowest BCUT2D eigenvalue weighted by Gasteiger charge is -2.07. The van der Waals surface area contributed by atoms with Crippen LogP contribution in [0.1, 0.15) is 16.7 Å². The van der Waals surface area contributed by atoms with E-state index >= 15 is 0 Å². The van der Waals surface area contributed by atoms with Gasteiger partial charge in [0.05, 0.1) is 0 Å². The highest BCUT2D eigenvalue weighted by atomic mass is 35.5. The van der Waals surface area contributed by atoms with Crippen LogP contribution in [0.3, 0.4) is 0 Å². The molecule has 0 aliphatic heterocycles. The second-order valence-corrected chi connectivity index (χ2v) is 5.42. The van der Waals surface area contributed by atoms with Gasteiger partial charge in [0.15, 0.2) is 0 Å². The van der Waals surface area contributed by atoms with E-state index in [4.69, 9.17) is 17.3 Å². The van der Waals surface area contributed by atoms with Gasteiger partial charge in [-0.05, 0) is 24.6 Å². The molecule has 0 atom stereocenters. The summed E-state index contributed by atoms with van der Waals surface area (Å²) in [5, 5.41) is 1.91. The second-order valence-electron chi connectivity index (χ2n) is 5.07. The Hall–Kier alpha value is -1.77. The molecule has 2 N–H and O–H groups in total. The van der Waals surface area contributed by atoms with E-state index in [1.165, 1.54) is 11.1 Å². The number of hydrogen-bond donors (Lipinski definition) is 1. The molecule has 20 heavy (non-hydrogen) atoms. The van der Waals surface area contributed by atoms with Gasteiger partial charge in [0.2, 0.25) is 0 Å². The maximum absolute atomic E-state index is 6.54. The molecule has 0 aliphatic rings. The zero-order valence-corrected chi connectivity index (χ0v) is 12.2. The van der Waals surface area contributed by atoms with Crippen molar-refractivity contribution in [1.82, 2.24) is 4.57 Å². The molecular formula is C17H17ClN2. The Morgan fingerprint density at radius 3 is 2.55 bits per heavy atom. The molecule has 2 aromatic carbocycles. The van der Waals surface area contributed by atoms with Gasteiger partial charge in [0.1, 0.15) is 5.15 Å². The van der Waals surface area contributed by atoms with Crippen molar-refractivity contribution in [1.29, 1.82) is 0 Å². The Morgan fingerprint density at radius 2 is 1.85 bits per heavy atom. The van der Waals surface area contributed by atoms with Crippen molar-refractivity contribution in [2.45, 2.75) is 20.0 Å². The van der Waals surface area contributed by atoms with Crippen LogP contribution in [0.2, 0.25) is 5.15 Å². The standard InChI is InChI=1S/C17H17ClN2/c1-12-7-8-16-14(9-12)15(10-19)17(18)20(16)11-13-5-3-2-4-6-13/h2-9H,10-11,19H2,1H3. The third-order valence-corrected chi connectivity index (χ3v) is 4.07. The van der Waals surface area contributed by atoms with Crippen molar-refractivity contribution in [2.75, 3.05) is 0 Å². The van der Waals surface area contributed by atoms with Crippen molar-refractivity contribution in [3.05, 3.63) is 70.4 Å². The van der Waals surface area contributed by atoms with E-state index in [1.807, 2.05) is 18.2 Å². The molecule has 0 bridgehead atoms. The smallest absolute Gasteiger partial charge is 0.114 e. The zero-order valence-electron chi connectivity index (χ0n) is 11.4. The van der Waals surface area contributed by atoms with Gasteiger partial charge >= 0.3 is 0 Å². The van der Waals surface area contributed by atoms with Crippen LogP contribution >= 0.6 is 11.6 Å². The van der Waals surface area contributed by atoms with Gasteiger partial charge in [-0.2, -0.15) is 0 Å². The van der Waals surface area contributed by atoms with Crippen LogP contribution in [0.4, 0.5) is 0 Å². The van der Waals surface area contributed by atoms with Crippen LogP contribution in [0, 0.1) is 6.92 Å². The predicted octanol–water partition coefficient (Wildman–Crippen LogP) is 4.11. The van der Waals surface area contributed by atoms with E-state index in [0.29, 0.717) is 6.54 Å². The summed E-state index contributed by atoms with van der Waals surface area (Å²) in [4.78, 5) is 0. The Morgan fingerprint density at radius 1 is 1.10 bits per heavy atom. The number of hydrogen-bond acceptors (Lipinski definition) is 1. The number of nitrogens with two attached hydrogens (primary N) is 1. The summed E-state index contributed by atoms with van der Waals surface area (Å²) >= 11 is 6.54. The second kappa shape index (κ2) is 5.31. The first-order chi connectivity index (χ1) is 9.70. The predicted molar refractivity (Wildman–Crippen MR) is 85.1 cm³/mol. The largest absolute Gasteiger partial charge is 0.327 e. The third kappa shape index (κ3) is 2.21. The van der Waals surface area contributed by atoms with E-state index < -0.39 is 0 Å². The number of fused-ring (bicyclic) bond motifs is 1. The molecule has 1 heterocycles. The fourth-order valence-corrected chi connectivity index (χ4v) is 2.95. The summed E-state index contributed by atoms with van der Waals surface area (Å²) in [6.07, 6.45) is 0. The Bertz CT molecular complexity index is 745. The third-order valence-electron chi connectivity index (χ3n) is 3.64. The first-order valence-electron chi connectivity index (χ1n) is 6.72. The molecule has 1 aromatic heterocycles. The van der Waals surface area contributed by atoms with Crippen LogP contribution in [0.25, 0.3) is 10.9 Å². The van der Waals surface area contributed by atoms with Gasteiger partial charge in [-0.25, -0.2) is 0 Å². The minimum atomic E-state index is 0.459. The highest BCUT2D eigenvalue weighted by Crippen LogP contribution is 2.31. The van der Waals surface area contributed by atoms with E-state index in [9.17, 15) is 0 Å². The molecule has 0 fully saturated rings. The lowest BCUT2D eigenvalue weighted by Crippen LogP contribution is -2.01. The fourth-order valence-electron chi connectivity index (χ4n) is 2.62. The van der Waals surface area contributed by atoms with Crippen LogP contribution < -0.4 is 5.73 Å². The molecular weight excluding hydrogens is 268 g/mol. The average Bonchev–Trinajstić information content (AvgIpc) is 2.71. The summed E-state index contributed by atoms with van der Waals surface area (Å²) in [7, 11) is 0. The van der Waals surface area contributed by atoms with Crippen LogP contribution in [0.15, 0.2) is 48.5 Å². The summed E-state index contributed by atoms with van der Waals surface area (Å²) < 4.78 is 2.13. The monoisotopic (exact) mass is 284 g/mol. The van der Waals surface area contributed by atoms with Crippen molar-refractivity contribution >= 4 is 22.5 Å². The number of rotatable bonds is 3. The van der Waals surface area contributed by atoms with E-state index in [0.717, 1.165) is 28.2 Å². The molecule has 0 radical (unpaired) electrons. The minimum absolute atomic E-state index is 0.459. The van der Waals surface area contributed by atoms with Crippen LogP contribution in [-0.2, 0) is 13.1 Å². The van der Waals surface area contributed by atoms with Crippen molar-refractivity contribution in [3.63, 3.8) is 0 Å². The Balaban J connectivity index is 2.17. The summed E-state index contributed by atoms with van der Waals surface area (Å²) in [5.74, 6) is 0. The van der Waals surface area contributed by atoms with E-state index in [2.05, 4.69) is 41.8 Å². The minimum Gasteiger partial charge on any atom is -0.327 e. The number of nitrogens with zero attached hydrogens (tertiary/aromatic N) is 1. The van der Waals surface area contributed by atoms with Gasteiger partial charge in [0, 0.05) is 29.6 Å². The van der Waals surface area contributed by atoms with Crippen molar-refractivity contribution < 1.29 is 0 Å². The summed E-state index contributed by atoms with van der Waals surface area (Å²) in [6, 6.07) is 16.7. The quantitative estimate of drug-likeness (QED) is 0.771. The molecule has 0 saturated heterocycles. The summed E-state index contributed by atoms with van der Waals surface area (Å²) in [6.45, 7) is 3.31. The van der Waals surface area contributed by atoms with E-state index in [1.54, 1.807) is 0 Å². The van der Waals surface area contributed by atoms with Crippen LogP contribution in [0.5, 0.6) is 0 Å². The molecule has 0 saturated carbocycles. The lowest BCUT2D eigenvalue weighted by atomic mass is 10.1. The van der Waals surface area contributed by atoms with Gasteiger partial charge in [-0.1, -0.05) is 53.6 Å². The first kappa shape index (κ1) is 13.2. The average molecular weight is 285 g/mol. The highest BCUT2D eigenvalue weighted by molar-refractivity contribution is 6.32. The number of halogens is 1. The number of aryl methyl sites for hydroxylation is 1. The maximum atomic E-state index is 6.54. The molecule has 2 nitrogen and oxygen atoms in total. The van der Waals surface area contributed by atoms with E-state index in [-0.39, 0.29) is 0 Å². The molecule has 3 aromatic rings. The number of benzene rings is 2. The molecule has 3 heteroatoms. The summed E-state index contributed by atoms with van der Waals surface area (Å²) in [5.41, 5.74) is 10.5. The van der Waals surface area contributed by atoms with Gasteiger partial charge < -0.3 is 10.3 Å². The molecule has 102 valence electrons.